The van der Waals surface area contributed by atoms with E-state index in [1.54, 1.807) is 32.3 Å². The van der Waals surface area contributed by atoms with Crippen LogP contribution in [0.4, 0.5) is 15.8 Å². The second-order valence-corrected chi connectivity index (χ2v) is 9.22. The number of aromatic nitrogens is 2. The Bertz CT molecular complexity index is 1470. The van der Waals surface area contributed by atoms with Gasteiger partial charge in [-0.15, -0.1) is 0 Å². The van der Waals surface area contributed by atoms with Crippen molar-refractivity contribution in [2.75, 3.05) is 19.0 Å². The Morgan fingerprint density at radius 1 is 1.38 bits per heavy atom. The van der Waals surface area contributed by atoms with E-state index in [9.17, 15) is 14.0 Å². The summed E-state index contributed by atoms with van der Waals surface area (Å²) in [5, 5.41) is 8.86. The maximum atomic E-state index is 14.3. The van der Waals surface area contributed by atoms with Crippen LogP contribution in [0.2, 0.25) is 5.02 Å². The standard InChI is InChI=1S/C27H25ClFN5O3/c1-5-21(35)34-27(2,3)9-6-15-14-30-10-7-17(15)23-24(22-19(32-23)8-11-31-26(22)36)33-20-13-16(29)12-18(28)25(20)37-4/h5,7,10,12-14,32-33H,1,8,11H2,2-4H3,(H,31,36)(H,34,35). The Labute approximate surface area is 218 Å². The molecule has 190 valence electrons. The van der Waals surface area contributed by atoms with E-state index in [1.807, 2.05) is 0 Å². The molecule has 3 aromatic rings. The number of amides is 2. The fourth-order valence-corrected chi connectivity index (χ4v) is 4.31. The molecule has 0 atom stereocenters. The van der Waals surface area contributed by atoms with E-state index in [-0.39, 0.29) is 28.3 Å². The summed E-state index contributed by atoms with van der Waals surface area (Å²) in [4.78, 5) is 32.2. The van der Waals surface area contributed by atoms with Crippen molar-refractivity contribution in [2.45, 2.75) is 25.8 Å². The largest absolute Gasteiger partial charge is 0.493 e. The van der Waals surface area contributed by atoms with E-state index in [0.29, 0.717) is 41.0 Å². The zero-order chi connectivity index (χ0) is 26.7. The molecule has 4 rings (SSSR count). The van der Waals surface area contributed by atoms with Crippen LogP contribution >= 0.6 is 11.6 Å². The number of rotatable bonds is 6. The van der Waals surface area contributed by atoms with Crippen molar-refractivity contribution < 1.29 is 18.7 Å². The van der Waals surface area contributed by atoms with Gasteiger partial charge in [0.25, 0.3) is 5.91 Å². The number of aromatic amines is 1. The monoisotopic (exact) mass is 521 g/mol. The van der Waals surface area contributed by atoms with E-state index in [1.165, 1.54) is 19.3 Å². The lowest BCUT2D eigenvalue weighted by Crippen LogP contribution is -2.41. The Morgan fingerprint density at radius 2 is 2.16 bits per heavy atom. The molecular formula is C27H25ClFN5O3. The molecule has 0 unspecified atom stereocenters. The van der Waals surface area contributed by atoms with Gasteiger partial charge in [0.15, 0.2) is 5.75 Å². The summed E-state index contributed by atoms with van der Waals surface area (Å²) < 4.78 is 19.7. The van der Waals surface area contributed by atoms with E-state index in [0.717, 1.165) is 11.8 Å². The summed E-state index contributed by atoms with van der Waals surface area (Å²) in [6.45, 7) is 7.47. The predicted molar refractivity (Wildman–Crippen MR) is 141 cm³/mol. The number of methoxy groups -OCH3 is 1. The average molecular weight is 522 g/mol. The van der Waals surface area contributed by atoms with Gasteiger partial charge >= 0.3 is 0 Å². The highest BCUT2D eigenvalue weighted by Crippen LogP contribution is 2.41. The van der Waals surface area contributed by atoms with Crippen LogP contribution in [0.25, 0.3) is 11.3 Å². The maximum absolute atomic E-state index is 14.3. The van der Waals surface area contributed by atoms with Crippen LogP contribution < -0.4 is 20.7 Å². The van der Waals surface area contributed by atoms with Gasteiger partial charge in [-0.1, -0.05) is 30.0 Å². The van der Waals surface area contributed by atoms with Gasteiger partial charge in [0, 0.05) is 42.7 Å². The van der Waals surface area contributed by atoms with Crippen LogP contribution in [0.3, 0.4) is 0 Å². The number of halogens is 2. The second kappa shape index (κ2) is 10.4. The van der Waals surface area contributed by atoms with Crippen LogP contribution in [0.5, 0.6) is 5.75 Å². The zero-order valence-electron chi connectivity index (χ0n) is 20.5. The number of carbonyl (C=O) groups is 2. The molecule has 0 bridgehead atoms. The summed E-state index contributed by atoms with van der Waals surface area (Å²) in [5.41, 5.74) is 2.71. The van der Waals surface area contributed by atoms with Crippen molar-refractivity contribution in [2.24, 2.45) is 0 Å². The van der Waals surface area contributed by atoms with Crippen molar-refractivity contribution in [1.82, 2.24) is 20.6 Å². The molecule has 8 nitrogen and oxygen atoms in total. The number of fused-ring (bicyclic) bond motifs is 1. The lowest BCUT2D eigenvalue weighted by atomic mass is 10.0. The minimum absolute atomic E-state index is 0.0830. The minimum atomic E-state index is -0.847. The van der Waals surface area contributed by atoms with Gasteiger partial charge in [0.1, 0.15) is 5.82 Å². The highest BCUT2D eigenvalue weighted by Gasteiger charge is 2.28. The third kappa shape index (κ3) is 5.44. The maximum Gasteiger partial charge on any atom is 0.255 e. The fourth-order valence-electron chi connectivity index (χ4n) is 4.03. The fraction of sp³-hybridized carbons (Fsp3) is 0.222. The van der Waals surface area contributed by atoms with Gasteiger partial charge in [0.2, 0.25) is 5.91 Å². The second-order valence-electron chi connectivity index (χ2n) is 8.82. The number of hydrogen-bond acceptors (Lipinski definition) is 5. The Kier molecular flexibility index (Phi) is 7.23. The van der Waals surface area contributed by atoms with E-state index < -0.39 is 11.4 Å². The first kappa shape index (κ1) is 25.8. The minimum Gasteiger partial charge on any atom is -0.493 e. The van der Waals surface area contributed by atoms with E-state index in [2.05, 4.69) is 44.3 Å². The molecule has 0 aliphatic carbocycles. The number of nitrogens with zero attached hydrogens (tertiary/aromatic N) is 1. The molecular weight excluding hydrogens is 497 g/mol. The molecule has 0 saturated heterocycles. The number of carbonyl (C=O) groups excluding carboxylic acids is 2. The van der Waals surface area contributed by atoms with Crippen molar-refractivity contribution >= 4 is 34.8 Å². The summed E-state index contributed by atoms with van der Waals surface area (Å²) in [6.07, 6.45) is 4.95. The number of anilines is 2. The van der Waals surface area contributed by atoms with Crippen molar-refractivity contribution in [3.63, 3.8) is 0 Å². The lowest BCUT2D eigenvalue weighted by Gasteiger charge is -2.18. The molecule has 3 heterocycles. The molecule has 0 radical (unpaired) electrons. The molecule has 1 aromatic carbocycles. The van der Waals surface area contributed by atoms with Crippen molar-refractivity contribution in [3.8, 4) is 28.8 Å². The number of hydrogen-bond donors (Lipinski definition) is 4. The number of pyridine rings is 1. The van der Waals surface area contributed by atoms with Crippen molar-refractivity contribution in [3.05, 3.63) is 70.9 Å². The Hall–Kier alpha value is -4.29. The molecule has 4 N–H and O–H groups in total. The van der Waals surface area contributed by atoms with Gasteiger partial charge in [-0.05, 0) is 32.1 Å². The molecule has 10 heteroatoms. The number of nitrogens with one attached hydrogen (secondary N) is 4. The first-order valence-electron chi connectivity index (χ1n) is 11.4. The third-order valence-corrected chi connectivity index (χ3v) is 5.94. The normalized spacial score (nSPS) is 12.5. The van der Waals surface area contributed by atoms with Crippen LogP contribution in [0, 0.1) is 17.7 Å². The molecule has 37 heavy (non-hydrogen) atoms. The van der Waals surface area contributed by atoms with E-state index in [4.69, 9.17) is 16.3 Å². The zero-order valence-corrected chi connectivity index (χ0v) is 21.3. The summed E-state index contributed by atoms with van der Waals surface area (Å²) in [6, 6.07) is 4.15. The summed E-state index contributed by atoms with van der Waals surface area (Å²) in [5.74, 6) is 5.19. The molecule has 0 saturated carbocycles. The number of ether oxygens (including phenoxy) is 1. The lowest BCUT2D eigenvalue weighted by molar-refractivity contribution is -0.117. The van der Waals surface area contributed by atoms with Crippen molar-refractivity contribution in [1.29, 1.82) is 0 Å². The SMILES string of the molecule is C=CC(=O)NC(C)(C)C#Cc1cnccc1-c1[nH]c2c(c1Nc1cc(F)cc(Cl)c1OC)C(=O)NCC2. The highest BCUT2D eigenvalue weighted by atomic mass is 35.5. The molecule has 2 amide bonds. The topological polar surface area (TPSA) is 108 Å². The quantitative estimate of drug-likeness (QED) is 0.285. The third-order valence-electron chi connectivity index (χ3n) is 5.66. The molecule has 0 fully saturated rings. The Morgan fingerprint density at radius 3 is 2.89 bits per heavy atom. The highest BCUT2D eigenvalue weighted by molar-refractivity contribution is 6.32. The smallest absolute Gasteiger partial charge is 0.255 e. The first-order valence-corrected chi connectivity index (χ1v) is 11.8. The summed E-state index contributed by atoms with van der Waals surface area (Å²) in [7, 11) is 1.42. The van der Waals surface area contributed by atoms with Gasteiger partial charge in [-0.3, -0.25) is 14.6 Å². The van der Waals surface area contributed by atoms with E-state index >= 15 is 0 Å². The van der Waals surface area contributed by atoms with Crippen LogP contribution in [0.15, 0.2) is 43.2 Å². The molecule has 1 aliphatic rings. The van der Waals surface area contributed by atoms with Crippen LogP contribution in [-0.4, -0.2) is 41.0 Å². The van der Waals surface area contributed by atoms with Crippen LogP contribution in [0.1, 0.15) is 35.5 Å². The average Bonchev–Trinajstić information content (AvgIpc) is 3.21. The van der Waals surface area contributed by atoms with Gasteiger partial charge in [-0.2, -0.15) is 0 Å². The predicted octanol–water partition coefficient (Wildman–Crippen LogP) is 4.34. The number of H-pyrrole nitrogens is 1. The Balaban J connectivity index is 1.87. The van der Waals surface area contributed by atoms with Gasteiger partial charge in [-0.25, -0.2) is 4.39 Å². The summed E-state index contributed by atoms with van der Waals surface area (Å²) >= 11 is 6.20. The molecule has 2 aromatic heterocycles. The number of benzene rings is 1. The molecule has 0 spiro atoms. The van der Waals surface area contributed by atoms with Gasteiger partial charge in [0.05, 0.1) is 45.9 Å². The molecule has 1 aliphatic heterocycles. The first-order chi connectivity index (χ1) is 17.6. The van der Waals surface area contributed by atoms with Gasteiger partial charge < -0.3 is 25.7 Å². The van der Waals surface area contributed by atoms with Crippen LogP contribution in [-0.2, 0) is 11.2 Å².